The fourth-order valence-electron chi connectivity index (χ4n) is 1.19. The quantitative estimate of drug-likeness (QED) is 0.341. The molecule has 1 amide bonds. The molecule has 0 bridgehead atoms. The zero-order valence-electron chi connectivity index (χ0n) is 9.65. The van der Waals surface area contributed by atoms with Crippen molar-refractivity contribution in [2.75, 3.05) is 6.54 Å². The van der Waals surface area contributed by atoms with Gasteiger partial charge in [0.1, 0.15) is 5.84 Å². The van der Waals surface area contributed by atoms with E-state index in [0.29, 0.717) is 15.1 Å². The van der Waals surface area contributed by atoms with Crippen molar-refractivity contribution in [1.82, 2.24) is 5.32 Å². The highest BCUT2D eigenvalue weighted by molar-refractivity contribution is 9.10. The molecule has 98 valence electrons. The van der Waals surface area contributed by atoms with Crippen LogP contribution in [0.5, 0.6) is 0 Å². The predicted octanol–water partition coefficient (Wildman–Crippen LogP) is 2.21. The van der Waals surface area contributed by atoms with Gasteiger partial charge in [0.25, 0.3) is 5.91 Å². The number of oxime groups is 1. The third kappa shape index (κ3) is 3.89. The van der Waals surface area contributed by atoms with Crippen molar-refractivity contribution < 1.29 is 10.0 Å². The van der Waals surface area contributed by atoms with Gasteiger partial charge in [-0.25, -0.2) is 0 Å². The topological polar surface area (TPSA) is 87.7 Å². The van der Waals surface area contributed by atoms with Gasteiger partial charge < -0.3 is 16.3 Å². The summed E-state index contributed by atoms with van der Waals surface area (Å²) in [6.07, 6.45) is 0. The first-order chi connectivity index (χ1) is 8.45. The molecule has 5 nitrogen and oxygen atoms in total. The second-order valence-corrected chi connectivity index (χ2v) is 5.03. The van der Waals surface area contributed by atoms with Gasteiger partial charge in [0.2, 0.25) is 0 Å². The molecule has 1 rings (SSSR count). The van der Waals surface area contributed by atoms with Crippen molar-refractivity contribution in [2.45, 2.75) is 6.92 Å². The van der Waals surface area contributed by atoms with Gasteiger partial charge in [-0.3, -0.25) is 4.79 Å². The molecule has 18 heavy (non-hydrogen) atoms. The third-order valence-corrected chi connectivity index (χ3v) is 3.58. The summed E-state index contributed by atoms with van der Waals surface area (Å²) in [5, 5.41) is 14.6. The van der Waals surface area contributed by atoms with Crippen molar-refractivity contribution in [1.29, 1.82) is 0 Å². The summed E-state index contributed by atoms with van der Waals surface area (Å²) in [6, 6.07) is 4.88. The first-order valence-corrected chi connectivity index (χ1v) is 6.33. The molecule has 0 spiro atoms. The van der Waals surface area contributed by atoms with Crippen molar-refractivity contribution >= 4 is 39.3 Å². The molecular formula is C11H13BrClN3O2. The standard InChI is InChI=1S/C11H13BrClN3O2/c1-6(10(14)16-18)5-15-11(17)7-2-3-9(13)8(12)4-7/h2-4,6,18H,5H2,1H3,(H2,14,16)(H,15,17). The van der Waals surface area contributed by atoms with Crippen LogP contribution in [0.25, 0.3) is 0 Å². The minimum atomic E-state index is -0.245. The average molecular weight is 335 g/mol. The van der Waals surface area contributed by atoms with Gasteiger partial charge in [-0.2, -0.15) is 0 Å². The lowest BCUT2D eigenvalue weighted by molar-refractivity contribution is 0.0951. The van der Waals surface area contributed by atoms with Gasteiger partial charge in [-0.1, -0.05) is 23.7 Å². The van der Waals surface area contributed by atoms with Crippen LogP contribution in [-0.4, -0.2) is 23.5 Å². The highest BCUT2D eigenvalue weighted by atomic mass is 79.9. The second kappa shape index (κ2) is 6.61. The van der Waals surface area contributed by atoms with Crippen LogP contribution in [0.2, 0.25) is 5.02 Å². The summed E-state index contributed by atoms with van der Waals surface area (Å²) in [7, 11) is 0. The van der Waals surface area contributed by atoms with Crippen LogP contribution in [0.15, 0.2) is 27.8 Å². The number of nitrogens with zero attached hydrogens (tertiary/aromatic N) is 1. The number of hydrogen-bond acceptors (Lipinski definition) is 3. The number of amidine groups is 1. The molecule has 0 aliphatic rings. The highest BCUT2D eigenvalue weighted by Crippen LogP contribution is 2.23. The summed E-state index contributed by atoms with van der Waals surface area (Å²) < 4.78 is 0.654. The first kappa shape index (κ1) is 14.8. The summed E-state index contributed by atoms with van der Waals surface area (Å²) in [5.41, 5.74) is 5.89. The van der Waals surface area contributed by atoms with E-state index in [2.05, 4.69) is 26.4 Å². The van der Waals surface area contributed by atoms with Gasteiger partial charge in [0.15, 0.2) is 0 Å². The van der Waals surface area contributed by atoms with E-state index in [1.807, 2.05) is 0 Å². The maximum absolute atomic E-state index is 11.8. The Morgan fingerprint density at radius 3 is 2.89 bits per heavy atom. The molecule has 0 fully saturated rings. The fraction of sp³-hybridized carbons (Fsp3) is 0.273. The lowest BCUT2D eigenvalue weighted by Gasteiger charge is -2.11. The van der Waals surface area contributed by atoms with Crippen LogP contribution in [0.3, 0.4) is 0 Å². The Morgan fingerprint density at radius 1 is 1.67 bits per heavy atom. The van der Waals surface area contributed by atoms with E-state index in [1.165, 1.54) is 0 Å². The normalized spacial score (nSPS) is 13.2. The Bertz CT molecular complexity index is 479. The number of carbonyl (C=O) groups excluding carboxylic acids is 1. The number of nitrogens with one attached hydrogen (secondary N) is 1. The number of benzene rings is 1. The minimum absolute atomic E-state index is 0.0765. The van der Waals surface area contributed by atoms with Gasteiger partial charge in [-0.05, 0) is 34.1 Å². The Kier molecular flexibility index (Phi) is 5.43. The number of hydrogen-bond donors (Lipinski definition) is 3. The minimum Gasteiger partial charge on any atom is -0.409 e. The zero-order chi connectivity index (χ0) is 13.7. The Hall–Kier alpha value is -1.27. The number of nitrogens with two attached hydrogens (primary N) is 1. The summed E-state index contributed by atoms with van der Waals surface area (Å²) in [5.74, 6) is -0.410. The largest absolute Gasteiger partial charge is 0.409 e. The smallest absolute Gasteiger partial charge is 0.251 e. The fourth-order valence-corrected chi connectivity index (χ4v) is 1.68. The van der Waals surface area contributed by atoms with Gasteiger partial charge in [0.05, 0.1) is 5.02 Å². The molecule has 0 aliphatic heterocycles. The molecule has 1 aromatic rings. The van der Waals surface area contributed by atoms with Crippen molar-refractivity contribution in [2.24, 2.45) is 16.8 Å². The zero-order valence-corrected chi connectivity index (χ0v) is 12.0. The maximum Gasteiger partial charge on any atom is 0.251 e. The van der Waals surface area contributed by atoms with Gasteiger partial charge in [0, 0.05) is 22.5 Å². The van der Waals surface area contributed by atoms with Gasteiger partial charge in [-0.15, -0.1) is 0 Å². The number of amides is 1. The molecule has 1 unspecified atom stereocenters. The predicted molar refractivity (Wildman–Crippen MR) is 74.1 cm³/mol. The number of rotatable bonds is 4. The monoisotopic (exact) mass is 333 g/mol. The van der Waals surface area contributed by atoms with Gasteiger partial charge >= 0.3 is 0 Å². The van der Waals surface area contributed by atoms with E-state index in [0.717, 1.165) is 0 Å². The molecule has 7 heteroatoms. The van der Waals surface area contributed by atoms with Crippen LogP contribution in [0.1, 0.15) is 17.3 Å². The van der Waals surface area contributed by atoms with Crippen LogP contribution >= 0.6 is 27.5 Å². The van der Waals surface area contributed by atoms with Crippen LogP contribution < -0.4 is 11.1 Å². The summed E-state index contributed by atoms with van der Waals surface area (Å²) in [4.78, 5) is 11.8. The summed E-state index contributed by atoms with van der Waals surface area (Å²) >= 11 is 9.08. The first-order valence-electron chi connectivity index (χ1n) is 5.16. The van der Waals surface area contributed by atoms with E-state index in [-0.39, 0.29) is 24.2 Å². The van der Waals surface area contributed by atoms with E-state index in [9.17, 15) is 4.79 Å². The molecule has 1 atom stereocenters. The van der Waals surface area contributed by atoms with E-state index in [1.54, 1.807) is 25.1 Å². The van der Waals surface area contributed by atoms with Crippen LogP contribution in [-0.2, 0) is 0 Å². The van der Waals surface area contributed by atoms with Crippen molar-refractivity contribution in [3.8, 4) is 0 Å². The van der Waals surface area contributed by atoms with Crippen molar-refractivity contribution in [3.05, 3.63) is 33.3 Å². The molecule has 0 radical (unpaired) electrons. The van der Waals surface area contributed by atoms with Crippen LogP contribution in [0, 0.1) is 5.92 Å². The molecule has 1 aromatic carbocycles. The molecule has 0 aliphatic carbocycles. The second-order valence-electron chi connectivity index (χ2n) is 3.76. The van der Waals surface area contributed by atoms with E-state index in [4.69, 9.17) is 22.5 Å². The highest BCUT2D eigenvalue weighted by Gasteiger charge is 2.11. The van der Waals surface area contributed by atoms with Crippen LogP contribution in [0.4, 0.5) is 0 Å². The van der Waals surface area contributed by atoms with Crippen molar-refractivity contribution in [3.63, 3.8) is 0 Å². The SMILES string of the molecule is CC(CNC(=O)c1ccc(Cl)c(Br)c1)/C(N)=N/O. The number of carbonyl (C=O) groups is 1. The Balaban J connectivity index is 2.63. The molecule has 0 heterocycles. The Labute approximate surface area is 118 Å². The summed E-state index contributed by atoms with van der Waals surface area (Å²) in [6.45, 7) is 2.03. The molecule has 0 aromatic heterocycles. The average Bonchev–Trinajstić information content (AvgIpc) is 2.37. The number of halogens is 2. The lowest BCUT2D eigenvalue weighted by atomic mass is 10.1. The molecule has 0 saturated heterocycles. The maximum atomic E-state index is 11.8. The van der Waals surface area contributed by atoms with E-state index >= 15 is 0 Å². The molecule has 4 N–H and O–H groups in total. The lowest BCUT2D eigenvalue weighted by Crippen LogP contribution is -2.34. The van der Waals surface area contributed by atoms with E-state index < -0.39 is 0 Å². The molecular weight excluding hydrogens is 321 g/mol. The Morgan fingerprint density at radius 2 is 2.33 bits per heavy atom. The third-order valence-electron chi connectivity index (χ3n) is 2.37. The molecule has 0 saturated carbocycles.